The lowest BCUT2D eigenvalue weighted by atomic mass is 10.0. The van der Waals surface area contributed by atoms with E-state index in [1.54, 1.807) is 0 Å². The first kappa shape index (κ1) is 21.2. The summed E-state index contributed by atoms with van der Waals surface area (Å²) in [6.45, 7) is 5.32. The van der Waals surface area contributed by atoms with E-state index in [0.29, 0.717) is 6.04 Å². The molecule has 146 valence electrons. The average molecular weight is 382 g/mol. The molecule has 0 spiro atoms. The molecule has 5 nitrogen and oxygen atoms in total. The molecule has 2 heterocycles. The molecule has 2 fully saturated rings. The molecule has 0 unspecified atom stereocenters. The van der Waals surface area contributed by atoms with Crippen LogP contribution in [-0.2, 0) is 16.1 Å². The van der Waals surface area contributed by atoms with E-state index < -0.39 is 0 Å². The van der Waals surface area contributed by atoms with Crippen LogP contribution in [0.3, 0.4) is 0 Å². The van der Waals surface area contributed by atoms with Gasteiger partial charge in [0.15, 0.2) is 0 Å². The molecular formula is C20H32ClN3O2. The highest BCUT2D eigenvalue weighted by Gasteiger charge is 2.26. The maximum atomic E-state index is 12.4. The SMILES string of the molecule is CN(C(=O)COC1CCNCC1)C1CCN(Cc2ccccc2)CC1.Cl. The molecule has 0 aliphatic carbocycles. The number of rotatable bonds is 6. The highest BCUT2D eigenvalue weighted by Crippen LogP contribution is 2.18. The van der Waals surface area contributed by atoms with Gasteiger partial charge in [-0.15, -0.1) is 12.4 Å². The van der Waals surface area contributed by atoms with Crippen LogP contribution in [0.25, 0.3) is 0 Å². The van der Waals surface area contributed by atoms with Crippen LogP contribution in [0.15, 0.2) is 30.3 Å². The highest BCUT2D eigenvalue weighted by molar-refractivity contribution is 5.85. The number of carbonyl (C=O) groups excluding carboxylic acids is 1. The number of nitrogens with one attached hydrogen (secondary N) is 1. The van der Waals surface area contributed by atoms with Gasteiger partial charge in [0.05, 0.1) is 6.10 Å². The summed E-state index contributed by atoms with van der Waals surface area (Å²) in [5.74, 6) is 0.125. The molecule has 0 atom stereocenters. The summed E-state index contributed by atoms with van der Waals surface area (Å²) >= 11 is 0. The van der Waals surface area contributed by atoms with E-state index in [-0.39, 0.29) is 31.0 Å². The Balaban J connectivity index is 0.00000243. The zero-order valence-corrected chi connectivity index (χ0v) is 16.5. The second-order valence-electron chi connectivity index (χ2n) is 7.26. The standard InChI is InChI=1S/C20H31N3O2.ClH/c1-22(20(24)16-25-19-7-11-21-12-8-19)18-9-13-23(14-10-18)15-17-5-3-2-4-6-17;/h2-6,18-19,21H,7-16H2,1H3;1H. The van der Waals surface area contributed by atoms with Crippen molar-refractivity contribution >= 4 is 18.3 Å². The molecule has 2 saturated heterocycles. The van der Waals surface area contributed by atoms with E-state index in [9.17, 15) is 4.79 Å². The molecule has 0 saturated carbocycles. The molecule has 1 amide bonds. The van der Waals surface area contributed by atoms with Gasteiger partial charge in [0.1, 0.15) is 6.61 Å². The van der Waals surface area contributed by atoms with Gasteiger partial charge in [-0.25, -0.2) is 0 Å². The number of piperidine rings is 2. The van der Waals surface area contributed by atoms with E-state index in [4.69, 9.17) is 4.74 Å². The Morgan fingerprint density at radius 1 is 1.15 bits per heavy atom. The third kappa shape index (κ3) is 6.23. The number of hydrogen-bond donors (Lipinski definition) is 1. The van der Waals surface area contributed by atoms with Crippen LogP contribution in [0.1, 0.15) is 31.2 Å². The monoisotopic (exact) mass is 381 g/mol. The molecule has 0 bridgehead atoms. The van der Waals surface area contributed by atoms with E-state index in [1.807, 2.05) is 11.9 Å². The quantitative estimate of drug-likeness (QED) is 0.821. The lowest BCUT2D eigenvalue weighted by Crippen LogP contribution is -2.46. The Kier molecular flexibility index (Phi) is 8.85. The van der Waals surface area contributed by atoms with Gasteiger partial charge in [-0.05, 0) is 44.3 Å². The van der Waals surface area contributed by atoms with Crippen LogP contribution < -0.4 is 5.32 Å². The molecule has 1 aromatic rings. The van der Waals surface area contributed by atoms with E-state index in [0.717, 1.165) is 58.4 Å². The largest absolute Gasteiger partial charge is 0.368 e. The maximum Gasteiger partial charge on any atom is 0.248 e. The zero-order chi connectivity index (χ0) is 17.5. The normalized spacial score (nSPS) is 19.7. The van der Waals surface area contributed by atoms with Crippen molar-refractivity contribution in [3.05, 3.63) is 35.9 Å². The van der Waals surface area contributed by atoms with Crippen LogP contribution in [0, 0.1) is 0 Å². The van der Waals surface area contributed by atoms with Gasteiger partial charge < -0.3 is 15.0 Å². The minimum atomic E-state index is 0. The molecule has 0 aromatic heterocycles. The lowest BCUT2D eigenvalue weighted by molar-refractivity contribution is -0.140. The van der Waals surface area contributed by atoms with Crippen LogP contribution >= 0.6 is 12.4 Å². The first-order valence-electron chi connectivity index (χ1n) is 9.56. The van der Waals surface area contributed by atoms with Gasteiger partial charge in [-0.2, -0.15) is 0 Å². The third-order valence-corrected chi connectivity index (χ3v) is 5.48. The Labute approximate surface area is 163 Å². The number of carbonyl (C=O) groups is 1. The number of halogens is 1. The minimum absolute atomic E-state index is 0. The number of nitrogens with zero attached hydrogens (tertiary/aromatic N) is 2. The van der Waals surface area contributed by atoms with Crippen molar-refractivity contribution in [2.45, 2.75) is 44.4 Å². The second kappa shape index (κ2) is 10.9. The fourth-order valence-corrected chi connectivity index (χ4v) is 3.76. The van der Waals surface area contributed by atoms with E-state index >= 15 is 0 Å². The summed E-state index contributed by atoms with van der Waals surface area (Å²) in [6.07, 6.45) is 4.35. The van der Waals surface area contributed by atoms with Crippen molar-refractivity contribution in [1.29, 1.82) is 0 Å². The Bertz CT molecular complexity index is 529. The molecule has 26 heavy (non-hydrogen) atoms. The average Bonchev–Trinajstić information content (AvgIpc) is 2.68. The second-order valence-corrected chi connectivity index (χ2v) is 7.26. The number of likely N-dealkylation sites (tertiary alicyclic amines) is 1. The predicted octanol–water partition coefficient (Wildman–Crippen LogP) is 2.30. The third-order valence-electron chi connectivity index (χ3n) is 5.48. The van der Waals surface area contributed by atoms with Crippen LogP contribution in [-0.4, -0.2) is 67.7 Å². The smallest absolute Gasteiger partial charge is 0.248 e. The number of likely N-dealkylation sites (N-methyl/N-ethyl adjacent to an activating group) is 1. The summed E-state index contributed by atoms with van der Waals surface area (Å²) in [5, 5.41) is 3.32. The van der Waals surface area contributed by atoms with Crippen molar-refractivity contribution in [1.82, 2.24) is 15.1 Å². The number of hydrogen-bond acceptors (Lipinski definition) is 4. The Morgan fingerprint density at radius 2 is 1.81 bits per heavy atom. The van der Waals surface area contributed by atoms with Gasteiger partial charge in [0.25, 0.3) is 0 Å². The Morgan fingerprint density at radius 3 is 2.46 bits per heavy atom. The molecule has 0 radical (unpaired) electrons. The van der Waals surface area contributed by atoms with Gasteiger partial charge in [-0.3, -0.25) is 9.69 Å². The fourth-order valence-electron chi connectivity index (χ4n) is 3.76. The predicted molar refractivity (Wildman–Crippen MR) is 107 cm³/mol. The van der Waals surface area contributed by atoms with Gasteiger partial charge in [0.2, 0.25) is 5.91 Å². The first-order valence-corrected chi connectivity index (χ1v) is 9.56. The van der Waals surface area contributed by atoms with E-state index in [2.05, 4.69) is 40.5 Å². The fraction of sp³-hybridized carbons (Fsp3) is 0.650. The molecule has 2 aliphatic heterocycles. The van der Waals surface area contributed by atoms with Gasteiger partial charge >= 0.3 is 0 Å². The number of benzene rings is 1. The molecule has 1 N–H and O–H groups in total. The lowest BCUT2D eigenvalue weighted by Gasteiger charge is -2.37. The van der Waals surface area contributed by atoms with Crippen LogP contribution in [0.5, 0.6) is 0 Å². The summed E-state index contributed by atoms with van der Waals surface area (Å²) in [4.78, 5) is 16.8. The topological polar surface area (TPSA) is 44.8 Å². The molecular weight excluding hydrogens is 350 g/mol. The van der Waals surface area contributed by atoms with Crippen molar-refractivity contribution in [2.75, 3.05) is 39.8 Å². The van der Waals surface area contributed by atoms with Gasteiger partial charge in [0, 0.05) is 32.7 Å². The van der Waals surface area contributed by atoms with Crippen molar-refractivity contribution in [2.24, 2.45) is 0 Å². The van der Waals surface area contributed by atoms with Crippen LogP contribution in [0.4, 0.5) is 0 Å². The maximum absolute atomic E-state index is 12.4. The number of ether oxygens (including phenoxy) is 1. The van der Waals surface area contributed by atoms with Crippen LogP contribution in [0.2, 0.25) is 0 Å². The first-order chi connectivity index (χ1) is 12.2. The summed E-state index contributed by atoms with van der Waals surface area (Å²) < 4.78 is 5.82. The summed E-state index contributed by atoms with van der Waals surface area (Å²) in [6, 6.07) is 11.0. The number of amides is 1. The zero-order valence-electron chi connectivity index (χ0n) is 15.7. The molecule has 3 rings (SSSR count). The van der Waals surface area contributed by atoms with Crippen molar-refractivity contribution < 1.29 is 9.53 Å². The summed E-state index contributed by atoms with van der Waals surface area (Å²) in [7, 11) is 1.94. The van der Waals surface area contributed by atoms with Crippen molar-refractivity contribution in [3.63, 3.8) is 0 Å². The highest BCUT2D eigenvalue weighted by atomic mass is 35.5. The van der Waals surface area contributed by atoms with Gasteiger partial charge in [-0.1, -0.05) is 30.3 Å². The molecule has 6 heteroatoms. The van der Waals surface area contributed by atoms with E-state index in [1.165, 1.54) is 5.56 Å². The molecule has 2 aliphatic rings. The van der Waals surface area contributed by atoms with Crippen molar-refractivity contribution in [3.8, 4) is 0 Å². The minimum Gasteiger partial charge on any atom is -0.368 e. The molecule has 1 aromatic carbocycles. The summed E-state index contributed by atoms with van der Waals surface area (Å²) in [5.41, 5.74) is 1.36. The Hall–Kier alpha value is -1.14.